The second kappa shape index (κ2) is 5.49. The van der Waals surface area contributed by atoms with Crippen molar-refractivity contribution >= 4 is 17.4 Å². The van der Waals surface area contributed by atoms with Crippen molar-refractivity contribution in [3.8, 4) is 0 Å². The number of benzene rings is 1. The molecular formula is C14H14N2O3. The van der Waals surface area contributed by atoms with Gasteiger partial charge in [-0.05, 0) is 19.1 Å². The van der Waals surface area contributed by atoms with Gasteiger partial charge in [0.1, 0.15) is 5.69 Å². The standard InChI is InChI=1S/C14H14N2O3/c1-9(18)11-6-13(15-7-11)14(19)16-12-5-3-2-4-10(12)8-17/h2-7,15,17H,8H2,1H3,(H,16,19). The Hall–Kier alpha value is -2.40. The summed E-state index contributed by atoms with van der Waals surface area (Å²) < 4.78 is 0. The van der Waals surface area contributed by atoms with Crippen LogP contribution in [0.4, 0.5) is 5.69 Å². The maximum absolute atomic E-state index is 12.0. The molecule has 3 N–H and O–H groups in total. The number of carbonyl (C=O) groups is 2. The smallest absolute Gasteiger partial charge is 0.272 e. The lowest BCUT2D eigenvalue weighted by atomic mass is 10.2. The van der Waals surface area contributed by atoms with Gasteiger partial charge in [-0.15, -0.1) is 0 Å². The van der Waals surface area contributed by atoms with Crippen LogP contribution in [0.3, 0.4) is 0 Å². The van der Waals surface area contributed by atoms with E-state index in [-0.39, 0.29) is 18.3 Å². The number of aromatic nitrogens is 1. The number of anilines is 1. The minimum Gasteiger partial charge on any atom is -0.392 e. The van der Waals surface area contributed by atoms with E-state index >= 15 is 0 Å². The summed E-state index contributed by atoms with van der Waals surface area (Å²) in [6, 6.07) is 8.48. The van der Waals surface area contributed by atoms with Crippen molar-refractivity contribution in [2.24, 2.45) is 0 Å². The van der Waals surface area contributed by atoms with E-state index in [0.29, 0.717) is 22.5 Å². The minimum atomic E-state index is -0.353. The normalized spacial score (nSPS) is 10.2. The molecule has 0 aliphatic carbocycles. The van der Waals surface area contributed by atoms with Crippen molar-refractivity contribution in [3.05, 3.63) is 53.3 Å². The highest BCUT2D eigenvalue weighted by Gasteiger charge is 2.12. The Balaban J connectivity index is 2.18. The van der Waals surface area contributed by atoms with E-state index in [9.17, 15) is 14.7 Å². The predicted octanol–water partition coefficient (Wildman–Crippen LogP) is 1.96. The summed E-state index contributed by atoms with van der Waals surface area (Å²) in [4.78, 5) is 25.9. The van der Waals surface area contributed by atoms with Gasteiger partial charge in [0.2, 0.25) is 0 Å². The van der Waals surface area contributed by atoms with Gasteiger partial charge in [0.05, 0.1) is 6.61 Å². The Morgan fingerprint density at radius 3 is 2.68 bits per heavy atom. The van der Waals surface area contributed by atoms with Crippen LogP contribution in [0, 0.1) is 0 Å². The monoisotopic (exact) mass is 258 g/mol. The number of Topliss-reactive ketones (excluding diaryl/α,β-unsaturated/α-hetero) is 1. The van der Waals surface area contributed by atoms with Gasteiger partial charge in [0.25, 0.3) is 5.91 Å². The molecule has 5 heteroatoms. The van der Waals surface area contributed by atoms with Crippen molar-refractivity contribution in [3.63, 3.8) is 0 Å². The zero-order chi connectivity index (χ0) is 13.8. The van der Waals surface area contributed by atoms with Crippen LogP contribution in [0.5, 0.6) is 0 Å². The Kier molecular flexibility index (Phi) is 3.77. The second-order valence-corrected chi connectivity index (χ2v) is 4.13. The molecule has 19 heavy (non-hydrogen) atoms. The van der Waals surface area contributed by atoms with Crippen molar-refractivity contribution in [2.45, 2.75) is 13.5 Å². The number of amides is 1. The third kappa shape index (κ3) is 2.89. The van der Waals surface area contributed by atoms with E-state index in [0.717, 1.165) is 0 Å². The van der Waals surface area contributed by atoms with Gasteiger partial charge < -0.3 is 15.4 Å². The van der Waals surface area contributed by atoms with E-state index < -0.39 is 0 Å². The van der Waals surface area contributed by atoms with Gasteiger partial charge in [-0.25, -0.2) is 0 Å². The lowest BCUT2D eigenvalue weighted by Gasteiger charge is -2.08. The molecule has 0 aliphatic rings. The molecule has 2 aromatic rings. The fraction of sp³-hybridized carbons (Fsp3) is 0.143. The number of carbonyl (C=O) groups excluding carboxylic acids is 2. The van der Waals surface area contributed by atoms with Gasteiger partial charge >= 0.3 is 0 Å². The summed E-state index contributed by atoms with van der Waals surface area (Å²) in [6.07, 6.45) is 1.50. The second-order valence-electron chi connectivity index (χ2n) is 4.13. The average Bonchev–Trinajstić information content (AvgIpc) is 2.89. The zero-order valence-electron chi connectivity index (χ0n) is 10.4. The molecule has 1 heterocycles. The Labute approximate surface area is 110 Å². The van der Waals surface area contributed by atoms with Gasteiger partial charge in [0.15, 0.2) is 5.78 Å². The lowest BCUT2D eigenvalue weighted by molar-refractivity contribution is 0.101. The minimum absolute atomic E-state index is 0.106. The van der Waals surface area contributed by atoms with Crippen LogP contribution in [0.1, 0.15) is 33.3 Å². The molecular weight excluding hydrogens is 244 g/mol. The predicted molar refractivity (Wildman–Crippen MR) is 71.1 cm³/mol. The van der Waals surface area contributed by atoms with Crippen LogP contribution in [0.15, 0.2) is 36.5 Å². The van der Waals surface area contributed by atoms with Gasteiger partial charge in [-0.3, -0.25) is 9.59 Å². The fourth-order valence-corrected chi connectivity index (χ4v) is 1.70. The molecule has 0 fully saturated rings. The molecule has 0 spiro atoms. The largest absolute Gasteiger partial charge is 0.392 e. The number of aromatic amines is 1. The maximum Gasteiger partial charge on any atom is 0.272 e. The number of aliphatic hydroxyl groups excluding tert-OH is 1. The number of hydrogen-bond donors (Lipinski definition) is 3. The molecule has 0 saturated carbocycles. The van der Waals surface area contributed by atoms with Crippen molar-refractivity contribution < 1.29 is 14.7 Å². The highest BCUT2D eigenvalue weighted by atomic mass is 16.3. The number of hydrogen-bond acceptors (Lipinski definition) is 3. The molecule has 0 aliphatic heterocycles. The lowest BCUT2D eigenvalue weighted by Crippen LogP contribution is -2.13. The van der Waals surface area contributed by atoms with E-state index in [1.54, 1.807) is 24.3 Å². The van der Waals surface area contributed by atoms with Gasteiger partial charge in [-0.2, -0.15) is 0 Å². The molecule has 5 nitrogen and oxygen atoms in total. The Morgan fingerprint density at radius 1 is 1.32 bits per heavy atom. The summed E-state index contributed by atoms with van der Waals surface area (Å²) in [5.41, 5.74) is 1.95. The highest BCUT2D eigenvalue weighted by Crippen LogP contribution is 2.16. The number of rotatable bonds is 4. The van der Waals surface area contributed by atoms with Crippen molar-refractivity contribution in [1.29, 1.82) is 0 Å². The molecule has 0 bridgehead atoms. The number of aliphatic hydroxyl groups is 1. The maximum atomic E-state index is 12.0. The van der Waals surface area contributed by atoms with Crippen LogP contribution in [-0.4, -0.2) is 21.8 Å². The molecule has 0 atom stereocenters. The van der Waals surface area contributed by atoms with E-state index in [1.807, 2.05) is 0 Å². The topological polar surface area (TPSA) is 82.2 Å². The van der Waals surface area contributed by atoms with Crippen LogP contribution >= 0.6 is 0 Å². The first-order valence-corrected chi connectivity index (χ1v) is 5.81. The van der Waals surface area contributed by atoms with Crippen LogP contribution in [0.2, 0.25) is 0 Å². The molecule has 1 amide bonds. The van der Waals surface area contributed by atoms with E-state index in [2.05, 4.69) is 10.3 Å². The van der Waals surface area contributed by atoms with Crippen LogP contribution in [-0.2, 0) is 6.61 Å². The molecule has 0 saturated heterocycles. The van der Waals surface area contributed by atoms with E-state index in [1.165, 1.54) is 19.2 Å². The van der Waals surface area contributed by atoms with Gasteiger partial charge in [0, 0.05) is 23.0 Å². The first-order valence-electron chi connectivity index (χ1n) is 5.81. The highest BCUT2D eigenvalue weighted by molar-refractivity contribution is 6.05. The average molecular weight is 258 g/mol. The molecule has 98 valence electrons. The first kappa shape index (κ1) is 13.0. The summed E-state index contributed by atoms with van der Waals surface area (Å²) in [7, 11) is 0. The molecule has 1 aromatic heterocycles. The molecule has 0 unspecified atom stereocenters. The fourth-order valence-electron chi connectivity index (χ4n) is 1.70. The number of ketones is 1. The number of nitrogens with one attached hydrogen (secondary N) is 2. The number of H-pyrrole nitrogens is 1. The van der Waals surface area contributed by atoms with Gasteiger partial charge in [-0.1, -0.05) is 18.2 Å². The zero-order valence-corrected chi connectivity index (χ0v) is 10.4. The molecule has 1 aromatic carbocycles. The van der Waals surface area contributed by atoms with Crippen molar-refractivity contribution in [2.75, 3.05) is 5.32 Å². The number of para-hydroxylation sites is 1. The molecule has 0 radical (unpaired) electrons. The summed E-state index contributed by atoms with van der Waals surface area (Å²) in [5.74, 6) is -0.459. The Morgan fingerprint density at radius 2 is 2.05 bits per heavy atom. The first-order chi connectivity index (χ1) is 9.11. The summed E-state index contributed by atoms with van der Waals surface area (Å²) in [5, 5.41) is 11.9. The summed E-state index contributed by atoms with van der Waals surface area (Å²) >= 11 is 0. The van der Waals surface area contributed by atoms with Crippen molar-refractivity contribution in [1.82, 2.24) is 4.98 Å². The molecule has 2 rings (SSSR count). The Bertz CT molecular complexity index is 617. The third-order valence-corrected chi connectivity index (χ3v) is 2.77. The quantitative estimate of drug-likeness (QED) is 0.733. The summed E-state index contributed by atoms with van der Waals surface area (Å²) in [6.45, 7) is 1.28. The van der Waals surface area contributed by atoms with Crippen LogP contribution in [0.25, 0.3) is 0 Å². The SMILES string of the molecule is CC(=O)c1c[nH]c(C(=O)Nc2ccccc2CO)c1. The third-order valence-electron chi connectivity index (χ3n) is 2.77. The van der Waals surface area contributed by atoms with E-state index in [4.69, 9.17) is 0 Å². The van der Waals surface area contributed by atoms with Crippen LogP contribution < -0.4 is 5.32 Å².